The summed E-state index contributed by atoms with van der Waals surface area (Å²) in [6.07, 6.45) is 5.82. The van der Waals surface area contributed by atoms with Crippen molar-refractivity contribution in [2.75, 3.05) is 38.5 Å². The summed E-state index contributed by atoms with van der Waals surface area (Å²) in [7, 11) is -3.08. The molecule has 2 aliphatic rings. The first-order valence-electron chi connectivity index (χ1n) is 8.28. The molecule has 1 saturated heterocycles. The highest BCUT2D eigenvalue weighted by atomic mass is 32.2. The van der Waals surface area contributed by atoms with Crippen LogP contribution in [0.2, 0.25) is 0 Å². The van der Waals surface area contributed by atoms with Gasteiger partial charge in [-0.1, -0.05) is 19.3 Å². The van der Waals surface area contributed by atoms with Crippen molar-refractivity contribution >= 4 is 10.0 Å². The van der Waals surface area contributed by atoms with Crippen LogP contribution in [-0.4, -0.2) is 61.6 Å². The van der Waals surface area contributed by atoms with Crippen LogP contribution in [0.4, 0.5) is 0 Å². The van der Waals surface area contributed by atoms with E-state index in [2.05, 4.69) is 18.7 Å². The Balaban J connectivity index is 1.88. The highest BCUT2D eigenvalue weighted by Crippen LogP contribution is 2.26. The van der Waals surface area contributed by atoms with E-state index < -0.39 is 10.0 Å². The molecule has 0 aromatic heterocycles. The van der Waals surface area contributed by atoms with E-state index in [1.54, 1.807) is 4.31 Å². The average Bonchev–Trinajstić information content (AvgIpc) is 2.48. The van der Waals surface area contributed by atoms with Crippen LogP contribution in [-0.2, 0) is 10.0 Å². The molecule has 0 amide bonds. The van der Waals surface area contributed by atoms with Gasteiger partial charge in [0.2, 0.25) is 10.0 Å². The Hall–Kier alpha value is -0.170. The zero-order valence-electron chi connectivity index (χ0n) is 13.6. The van der Waals surface area contributed by atoms with Crippen LogP contribution in [0.5, 0.6) is 0 Å². The van der Waals surface area contributed by atoms with E-state index in [0.29, 0.717) is 31.3 Å². The highest BCUT2D eigenvalue weighted by molar-refractivity contribution is 7.89. The highest BCUT2D eigenvalue weighted by Gasteiger charge is 2.34. The molecule has 21 heavy (non-hydrogen) atoms. The van der Waals surface area contributed by atoms with E-state index >= 15 is 0 Å². The second-order valence-electron chi connectivity index (χ2n) is 7.19. The molecule has 5 nitrogen and oxygen atoms in total. The van der Waals surface area contributed by atoms with Crippen LogP contribution in [0.1, 0.15) is 46.0 Å². The Morgan fingerprint density at radius 1 is 1.05 bits per heavy atom. The Morgan fingerprint density at radius 2 is 1.62 bits per heavy atom. The second kappa shape index (κ2) is 6.94. The van der Waals surface area contributed by atoms with Gasteiger partial charge < -0.3 is 5.73 Å². The predicted octanol–water partition coefficient (Wildman–Crippen LogP) is 1.25. The van der Waals surface area contributed by atoms with Gasteiger partial charge in [0, 0.05) is 38.3 Å². The lowest BCUT2D eigenvalue weighted by Gasteiger charge is -2.43. The van der Waals surface area contributed by atoms with Crippen molar-refractivity contribution in [3.63, 3.8) is 0 Å². The maximum atomic E-state index is 12.6. The third-order valence-electron chi connectivity index (χ3n) is 5.16. The molecule has 1 heterocycles. The smallest absolute Gasteiger partial charge is 0.214 e. The van der Waals surface area contributed by atoms with E-state index in [4.69, 9.17) is 5.73 Å². The summed E-state index contributed by atoms with van der Waals surface area (Å²) in [6.45, 7) is 7.64. The van der Waals surface area contributed by atoms with Gasteiger partial charge in [0.25, 0.3) is 0 Å². The molecule has 2 rings (SSSR count). The lowest BCUT2D eigenvalue weighted by atomic mass is 9.91. The average molecular weight is 317 g/mol. The molecular formula is C15H31N3O2S. The summed E-state index contributed by atoms with van der Waals surface area (Å²) in [5, 5.41) is 0. The number of piperazine rings is 1. The molecule has 0 unspecified atom stereocenters. The summed E-state index contributed by atoms with van der Waals surface area (Å²) in [5.41, 5.74) is 5.77. The van der Waals surface area contributed by atoms with E-state index in [1.807, 2.05) is 0 Å². The topological polar surface area (TPSA) is 66.6 Å². The quantitative estimate of drug-likeness (QED) is 0.829. The van der Waals surface area contributed by atoms with Crippen molar-refractivity contribution in [2.24, 2.45) is 11.7 Å². The SMILES string of the molecule is CC(C)(CN)N1CCN(S(=O)(=O)CC2CCCCC2)CC1. The van der Waals surface area contributed by atoms with E-state index in [-0.39, 0.29) is 5.54 Å². The lowest BCUT2D eigenvalue weighted by molar-refractivity contribution is 0.0848. The number of hydrogen-bond acceptors (Lipinski definition) is 4. The molecule has 1 aliphatic heterocycles. The first-order valence-corrected chi connectivity index (χ1v) is 9.89. The van der Waals surface area contributed by atoms with Gasteiger partial charge in [-0.2, -0.15) is 4.31 Å². The van der Waals surface area contributed by atoms with Crippen LogP contribution < -0.4 is 5.73 Å². The fraction of sp³-hybridized carbons (Fsp3) is 1.00. The number of rotatable bonds is 5. The molecule has 0 radical (unpaired) electrons. The fourth-order valence-corrected chi connectivity index (χ4v) is 5.32. The molecule has 1 saturated carbocycles. The molecule has 0 aromatic carbocycles. The Kier molecular flexibility index (Phi) is 5.68. The molecule has 124 valence electrons. The van der Waals surface area contributed by atoms with Gasteiger partial charge in [-0.25, -0.2) is 8.42 Å². The third-order valence-corrected chi connectivity index (χ3v) is 7.20. The number of hydrogen-bond donors (Lipinski definition) is 1. The third kappa shape index (κ3) is 4.41. The van der Waals surface area contributed by atoms with Crippen LogP contribution in [0, 0.1) is 5.92 Å². The Morgan fingerprint density at radius 3 is 2.14 bits per heavy atom. The van der Waals surface area contributed by atoms with Crippen molar-refractivity contribution in [3.8, 4) is 0 Å². The molecule has 2 fully saturated rings. The standard InChI is InChI=1S/C15H31N3O2S/c1-15(2,13-16)17-8-10-18(11-9-17)21(19,20)12-14-6-4-3-5-7-14/h14H,3-13,16H2,1-2H3. The van der Waals surface area contributed by atoms with Gasteiger partial charge in [-0.15, -0.1) is 0 Å². The normalized spacial score (nSPS) is 24.3. The second-order valence-corrected chi connectivity index (χ2v) is 9.20. The summed E-state index contributed by atoms with van der Waals surface area (Å²) < 4.78 is 26.8. The summed E-state index contributed by atoms with van der Waals surface area (Å²) in [4.78, 5) is 2.31. The van der Waals surface area contributed by atoms with Crippen LogP contribution in [0.25, 0.3) is 0 Å². The van der Waals surface area contributed by atoms with Gasteiger partial charge in [0.15, 0.2) is 0 Å². The number of nitrogens with zero attached hydrogens (tertiary/aromatic N) is 2. The maximum Gasteiger partial charge on any atom is 0.214 e. The van der Waals surface area contributed by atoms with Crippen LogP contribution >= 0.6 is 0 Å². The zero-order valence-corrected chi connectivity index (χ0v) is 14.4. The largest absolute Gasteiger partial charge is 0.329 e. The van der Waals surface area contributed by atoms with Crippen molar-refractivity contribution in [3.05, 3.63) is 0 Å². The van der Waals surface area contributed by atoms with Crippen LogP contribution in [0.15, 0.2) is 0 Å². The minimum atomic E-state index is -3.08. The molecule has 0 aromatic rings. The van der Waals surface area contributed by atoms with E-state index in [0.717, 1.165) is 25.9 Å². The van der Waals surface area contributed by atoms with Crippen molar-refractivity contribution in [2.45, 2.75) is 51.5 Å². The number of sulfonamides is 1. The first-order chi connectivity index (χ1) is 9.85. The lowest BCUT2D eigenvalue weighted by Crippen LogP contribution is -2.58. The molecule has 6 heteroatoms. The fourth-order valence-electron chi connectivity index (χ4n) is 3.46. The van der Waals surface area contributed by atoms with Crippen molar-refractivity contribution in [1.82, 2.24) is 9.21 Å². The van der Waals surface area contributed by atoms with Crippen molar-refractivity contribution < 1.29 is 8.42 Å². The van der Waals surface area contributed by atoms with Gasteiger partial charge >= 0.3 is 0 Å². The molecule has 1 aliphatic carbocycles. The van der Waals surface area contributed by atoms with Crippen molar-refractivity contribution in [1.29, 1.82) is 0 Å². The molecule has 0 spiro atoms. The summed E-state index contributed by atoms with van der Waals surface area (Å²) in [5.74, 6) is 0.732. The minimum Gasteiger partial charge on any atom is -0.329 e. The minimum absolute atomic E-state index is 0.0424. The predicted molar refractivity (Wildman–Crippen MR) is 86.6 cm³/mol. The molecular weight excluding hydrogens is 286 g/mol. The zero-order chi connectivity index (χ0) is 15.5. The van der Waals surface area contributed by atoms with Gasteiger partial charge in [0.05, 0.1) is 5.75 Å². The van der Waals surface area contributed by atoms with Gasteiger partial charge in [-0.05, 0) is 32.6 Å². The summed E-state index contributed by atoms with van der Waals surface area (Å²) in [6, 6.07) is 0. The van der Waals surface area contributed by atoms with Gasteiger partial charge in [0.1, 0.15) is 0 Å². The van der Waals surface area contributed by atoms with E-state index in [1.165, 1.54) is 19.3 Å². The Labute approximate surface area is 129 Å². The van der Waals surface area contributed by atoms with Gasteiger partial charge in [-0.3, -0.25) is 4.90 Å². The van der Waals surface area contributed by atoms with E-state index in [9.17, 15) is 8.42 Å². The summed E-state index contributed by atoms with van der Waals surface area (Å²) >= 11 is 0. The molecule has 0 bridgehead atoms. The first kappa shape index (κ1) is 17.2. The molecule has 0 atom stereocenters. The monoisotopic (exact) mass is 317 g/mol. The molecule has 2 N–H and O–H groups in total. The Bertz CT molecular complexity index is 422. The maximum absolute atomic E-state index is 12.6. The number of nitrogens with two attached hydrogens (primary N) is 1. The van der Waals surface area contributed by atoms with Crippen LogP contribution in [0.3, 0.4) is 0 Å².